The van der Waals surface area contributed by atoms with Gasteiger partial charge < -0.3 is 4.57 Å². The molecule has 2 heterocycles. The Morgan fingerprint density at radius 1 is 1.11 bits per heavy atom. The Morgan fingerprint density at radius 2 is 1.79 bits per heavy atom. The van der Waals surface area contributed by atoms with E-state index in [-0.39, 0.29) is 0 Å². The van der Waals surface area contributed by atoms with Crippen LogP contribution in [0.3, 0.4) is 0 Å². The molecule has 0 fully saturated rings. The average Bonchev–Trinajstić information content (AvgIpc) is 2.66. The van der Waals surface area contributed by atoms with Gasteiger partial charge in [-0.1, -0.05) is 28.1 Å². The normalized spacial score (nSPS) is 19.5. The Kier molecular flexibility index (Phi) is 3.58. The molecular weight excluding hydrogens is 368 g/mol. The summed E-state index contributed by atoms with van der Waals surface area (Å²) in [5, 5.41) is 0. The summed E-state index contributed by atoms with van der Waals surface area (Å²) >= 11 is 7.15. The number of likely N-dealkylation sites (N-methyl/N-ethyl adjacent to an activating group) is 1. The van der Waals surface area contributed by atoms with Crippen LogP contribution in [0, 0.1) is 0 Å². The molecule has 1 unspecified atom stereocenters. The number of fused-ring (bicyclic) bond motifs is 1. The third kappa shape index (κ3) is 2.41. The van der Waals surface area contributed by atoms with E-state index in [9.17, 15) is 0 Å². The Morgan fingerprint density at radius 3 is 2.47 bits per heavy atom. The lowest BCUT2D eigenvalue weighted by atomic mass is 9.88. The molecule has 2 aromatic rings. The van der Waals surface area contributed by atoms with Gasteiger partial charge in [-0.15, -0.1) is 0 Å². The minimum Gasteiger partial charge on any atom is -0.341 e. The fourth-order valence-corrected chi connectivity index (χ4v) is 3.57. The first-order valence-corrected chi connectivity index (χ1v) is 7.93. The first-order valence-electron chi connectivity index (χ1n) is 6.34. The van der Waals surface area contributed by atoms with Crippen molar-refractivity contribution in [2.75, 3.05) is 13.6 Å². The topological polar surface area (TPSA) is 8.17 Å². The third-order valence-corrected chi connectivity index (χ3v) is 5.18. The summed E-state index contributed by atoms with van der Waals surface area (Å²) in [4.78, 5) is 2.39. The second kappa shape index (κ2) is 5.08. The van der Waals surface area contributed by atoms with Gasteiger partial charge in [-0.2, -0.15) is 0 Å². The molecule has 0 N–H and O–H groups in total. The fourth-order valence-electron chi connectivity index (χ4n) is 2.84. The summed E-state index contributed by atoms with van der Waals surface area (Å²) in [6.07, 6.45) is 0. The molecule has 1 aromatic heterocycles. The van der Waals surface area contributed by atoms with Gasteiger partial charge in [0.2, 0.25) is 0 Å². The summed E-state index contributed by atoms with van der Waals surface area (Å²) in [6.45, 7) is 2.09. The van der Waals surface area contributed by atoms with Gasteiger partial charge in [0.1, 0.15) is 0 Å². The predicted octanol–water partition coefficient (Wildman–Crippen LogP) is 4.13. The largest absolute Gasteiger partial charge is 0.341 e. The number of aromatic nitrogens is 1. The van der Waals surface area contributed by atoms with Gasteiger partial charge in [0.25, 0.3) is 0 Å². The molecule has 0 bridgehead atoms. The molecule has 100 valence electrons. The zero-order valence-corrected chi connectivity index (χ0v) is 14.2. The van der Waals surface area contributed by atoms with Crippen molar-refractivity contribution in [3.8, 4) is 0 Å². The van der Waals surface area contributed by atoms with Crippen molar-refractivity contribution < 1.29 is 0 Å². The minimum atomic E-state index is 0.458. The van der Waals surface area contributed by atoms with Crippen LogP contribution in [0.1, 0.15) is 22.7 Å². The number of hydrogen-bond acceptors (Lipinski definition) is 1. The molecule has 0 aliphatic carbocycles. The molecule has 1 aliphatic rings. The molecule has 1 atom stereocenters. The Labute approximate surface area is 130 Å². The van der Waals surface area contributed by atoms with Gasteiger partial charge in [-0.3, -0.25) is 4.90 Å². The lowest BCUT2D eigenvalue weighted by molar-refractivity contribution is 0.287. The van der Waals surface area contributed by atoms with E-state index in [1.165, 1.54) is 16.8 Å². The highest BCUT2D eigenvalue weighted by Gasteiger charge is 2.27. The molecule has 1 aromatic carbocycles. The second-order valence-corrected chi connectivity index (χ2v) is 6.96. The molecule has 0 saturated carbocycles. The van der Waals surface area contributed by atoms with Crippen LogP contribution >= 0.6 is 31.9 Å². The van der Waals surface area contributed by atoms with Crippen molar-refractivity contribution in [3.63, 3.8) is 0 Å². The highest BCUT2D eigenvalue weighted by atomic mass is 79.9. The number of nitrogens with zero attached hydrogens (tertiary/aromatic N) is 2. The summed E-state index contributed by atoms with van der Waals surface area (Å²) < 4.78 is 4.54. The van der Waals surface area contributed by atoms with Gasteiger partial charge in [0.15, 0.2) is 0 Å². The molecule has 19 heavy (non-hydrogen) atoms. The van der Waals surface area contributed by atoms with Crippen LogP contribution in [0.5, 0.6) is 0 Å². The van der Waals surface area contributed by atoms with Crippen LogP contribution in [0.2, 0.25) is 0 Å². The fraction of sp³-hybridized carbons (Fsp3) is 0.333. The zero-order valence-electron chi connectivity index (χ0n) is 11.0. The van der Waals surface area contributed by atoms with Gasteiger partial charge in [-0.25, -0.2) is 0 Å². The maximum absolute atomic E-state index is 3.64. The molecule has 0 saturated heterocycles. The van der Waals surface area contributed by atoms with Crippen molar-refractivity contribution >= 4 is 31.9 Å². The number of hydrogen-bond donors (Lipinski definition) is 0. The maximum atomic E-state index is 3.64. The highest BCUT2D eigenvalue weighted by Crippen LogP contribution is 2.36. The van der Waals surface area contributed by atoms with Crippen LogP contribution in [-0.2, 0) is 13.6 Å². The average molecular weight is 384 g/mol. The van der Waals surface area contributed by atoms with Crippen molar-refractivity contribution in [1.29, 1.82) is 0 Å². The summed E-state index contributed by atoms with van der Waals surface area (Å²) in [5.41, 5.74) is 4.25. The van der Waals surface area contributed by atoms with E-state index in [1.54, 1.807) is 0 Å². The molecule has 3 rings (SSSR count). The lowest BCUT2D eigenvalue weighted by Crippen LogP contribution is -2.31. The lowest BCUT2D eigenvalue weighted by Gasteiger charge is -2.31. The summed E-state index contributed by atoms with van der Waals surface area (Å²) in [5.74, 6) is 0.458. The molecular formula is C15H16Br2N2. The van der Waals surface area contributed by atoms with Crippen molar-refractivity contribution in [2.45, 2.75) is 12.5 Å². The van der Waals surface area contributed by atoms with Crippen LogP contribution in [0.4, 0.5) is 0 Å². The molecule has 0 amide bonds. The quantitative estimate of drug-likeness (QED) is 0.718. The smallest absolute Gasteiger partial charge is 0.0849 e. The minimum absolute atomic E-state index is 0.458. The monoisotopic (exact) mass is 382 g/mol. The first-order chi connectivity index (χ1) is 9.06. The molecule has 0 radical (unpaired) electrons. The third-order valence-electron chi connectivity index (χ3n) is 3.89. The molecule has 2 nitrogen and oxygen atoms in total. The maximum Gasteiger partial charge on any atom is 0.0849 e. The van der Waals surface area contributed by atoms with E-state index < -0.39 is 0 Å². The van der Waals surface area contributed by atoms with Gasteiger partial charge in [-0.05, 0) is 52.3 Å². The van der Waals surface area contributed by atoms with E-state index in [2.05, 4.69) is 85.8 Å². The van der Waals surface area contributed by atoms with E-state index in [4.69, 9.17) is 0 Å². The SMILES string of the molecule is CN1Cc2c(cc(Br)n2C)C(c2ccc(Br)cc2)C1. The molecule has 4 heteroatoms. The van der Waals surface area contributed by atoms with Crippen LogP contribution in [0.25, 0.3) is 0 Å². The Bertz CT molecular complexity index is 601. The van der Waals surface area contributed by atoms with Crippen molar-refractivity contribution in [3.05, 3.63) is 56.2 Å². The Balaban J connectivity index is 2.08. The highest BCUT2D eigenvalue weighted by molar-refractivity contribution is 9.10. The van der Waals surface area contributed by atoms with Gasteiger partial charge >= 0.3 is 0 Å². The van der Waals surface area contributed by atoms with E-state index in [1.807, 2.05) is 0 Å². The van der Waals surface area contributed by atoms with Crippen molar-refractivity contribution in [2.24, 2.45) is 7.05 Å². The molecule has 0 spiro atoms. The van der Waals surface area contributed by atoms with Crippen LogP contribution in [-0.4, -0.2) is 23.1 Å². The Hall–Kier alpha value is -0.580. The number of halogens is 2. The molecule has 1 aliphatic heterocycles. The standard InChI is InChI=1S/C15H16Br2N2/c1-18-8-13(10-3-5-11(16)6-4-10)12-7-15(17)19(2)14(12)9-18/h3-7,13H,8-9H2,1-2H3. The first kappa shape index (κ1) is 13.4. The van der Waals surface area contributed by atoms with Crippen LogP contribution in [0.15, 0.2) is 39.4 Å². The zero-order chi connectivity index (χ0) is 13.6. The number of rotatable bonds is 1. The van der Waals surface area contributed by atoms with Gasteiger partial charge in [0, 0.05) is 36.2 Å². The van der Waals surface area contributed by atoms with E-state index >= 15 is 0 Å². The van der Waals surface area contributed by atoms with E-state index in [0.717, 1.165) is 22.2 Å². The van der Waals surface area contributed by atoms with E-state index in [0.29, 0.717) is 5.92 Å². The van der Waals surface area contributed by atoms with Crippen LogP contribution < -0.4 is 0 Å². The summed E-state index contributed by atoms with van der Waals surface area (Å²) in [6, 6.07) is 11.0. The summed E-state index contributed by atoms with van der Waals surface area (Å²) in [7, 11) is 4.32. The van der Waals surface area contributed by atoms with Crippen molar-refractivity contribution in [1.82, 2.24) is 9.47 Å². The second-order valence-electron chi connectivity index (χ2n) is 5.23. The van der Waals surface area contributed by atoms with Gasteiger partial charge in [0.05, 0.1) is 4.60 Å². The number of benzene rings is 1. The predicted molar refractivity (Wildman–Crippen MR) is 85.4 cm³/mol.